The molecule has 0 aromatic heterocycles. The van der Waals surface area contributed by atoms with Crippen LogP contribution in [0.4, 0.5) is 0 Å². The van der Waals surface area contributed by atoms with Gasteiger partial charge in [-0.2, -0.15) is 0 Å². The second kappa shape index (κ2) is 7.81. The van der Waals surface area contributed by atoms with Crippen LogP contribution in [0, 0.1) is 11.8 Å². The van der Waals surface area contributed by atoms with Gasteiger partial charge in [0, 0.05) is 6.42 Å². The van der Waals surface area contributed by atoms with Gasteiger partial charge in [-0.15, -0.1) is 5.92 Å². The van der Waals surface area contributed by atoms with Crippen molar-refractivity contribution in [1.29, 1.82) is 0 Å². The van der Waals surface area contributed by atoms with Crippen molar-refractivity contribution in [3.05, 3.63) is 0 Å². The smallest absolute Gasteiger partial charge is 0.118 e. The molecule has 14 heavy (non-hydrogen) atoms. The molecule has 1 aliphatic rings. The van der Waals surface area contributed by atoms with Gasteiger partial charge in [0.2, 0.25) is 0 Å². The lowest BCUT2D eigenvalue weighted by Gasteiger charge is -2.13. The van der Waals surface area contributed by atoms with Gasteiger partial charge in [0.1, 0.15) is 6.10 Å². The Balaban J connectivity index is 2.13. The summed E-state index contributed by atoms with van der Waals surface area (Å²) in [7, 11) is 0. The van der Waals surface area contributed by atoms with E-state index in [1.807, 2.05) is 0 Å². The Hall–Kier alpha value is -0.560. The van der Waals surface area contributed by atoms with Crippen molar-refractivity contribution in [1.82, 2.24) is 0 Å². The highest BCUT2D eigenvalue weighted by molar-refractivity contribution is 5.05. The lowest BCUT2D eigenvalue weighted by Crippen LogP contribution is -2.17. The highest BCUT2D eigenvalue weighted by atomic mass is 16.5. The van der Waals surface area contributed by atoms with Crippen LogP contribution < -0.4 is 5.73 Å². The second-order valence-corrected chi connectivity index (χ2v) is 3.35. The maximum Gasteiger partial charge on any atom is 0.118 e. The van der Waals surface area contributed by atoms with Crippen molar-refractivity contribution >= 4 is 0 Å². The molecule has 0 heterocycles. The molecule has 0 aliphatic heterocycles. The second-order valence-electron chi connectivity index (χ2n) is 3.35. The molecular formula is C11H19NO2. The van der Waals surface area contributed by atoms with Crippen molar-refractivity contribution in [2.75, 3.05) is 19.9 Å². The quantitative estimate of drug-likeness (QED) is 0.410. The molecular weight excluding hydrogens is 178 g/mol. The minimum absolute atomic E-state index is 0.108. The monoisotopic (exact) mass is 197 g/mol. The Labute approximate surface area is 85.9 Å². The van der Waals surface area contributed by atoms with E-state index in [2.05, 4.69) is 11.8 Å². The minimum Gasteiger partial charge on any atom is -0.364 e. The zero-order chi connectivity index (χ0) is 10.1. The van der Waals surface area contributed by atoms with Crippen LogP contribution in [-0.2, 0) is 9.47 Å². The first-order valence-electron chi connectivity index (χ1n) is 5.31. The van der Waals surface area contributed by atoms with Gasteiger partial charge in [0.15, 0.2) is 0 Å². The highest BCUT2D eigenvalue weighted by Crippen LogP contribution is 2.10. The van der Waals surface area contributed by atoms with Crippen LogP contribution in [0.25, 0.3) is 0 Å². The number of rotatable bonds is 5. The van der Waals surface area contributed by atoms with Gasteiger partial charge in [0.05, 0.1) is 19.9 Å². The first kappa shape index (κ1) is 11.5. The van der Waals surface area contributed by atoms with Gasteiger partial charge in [-0.3, -0.25) is 0 Å². The summed E-state index contributed by atoms with van der Waals surface area (Å²) in [6, 6.07) is 0. The van der Waals surface area contributed by atoms with Gasteiger partial charge >= 0.3 is 0 Å². The fourth-order valence-electron chi connectivity index (χ4n) is 1.44. The van der Waals surface area contributed by atoms with Crippen LogP contribution in [0.5, 0.6) is 0 Å². The highest BCUT2D eigenvalue weighted by Gasteiger charge is 2.06. The zero-order valence-electron chi connectivity index (χ0n) is 8.63. The van der Waals surface area contributed by atoms with Gasteiger partial charge < -0.3 is 15.2 Å². The maximum atomic E-state index is 5.57. The van der Waals surface area contributed by atoms with Gasteiger partial charge in [-0.25, -0.2) is 0 Å². The van der Waals surface area contributed by atoms with Crippen molar-refractivity contribution in [2.24, 2.45) is 5.73 Å². The Morgan fingerprint density at radius 1 is 1.21 bits per heavy atom. The van der Waals surface area contributed by atoms with Gasteiger partial charge in [0.25, 0.3) is 0 Å². The van der Waals surface area contributed by atoms with Crippen LogP contribution in [0.3, 0.4) is 0 Å². The van der Waals surface area contributed by atoms with Crippen LogP contribution in [0.1, 0.15) is 32.1 Å². The van der Waals surface area contributed by atoms with E-state index in [1.165, 1.54) is 19.3 Å². The molecule has 2 N–H and O–H groups in total. The average Bonchev–Trinajstić information content (AvgIpc) is 2.15. The van der Waals surface area contributed by atoms with Crippen LogP contribution in [0.2, 0.25) is 0 Å². The van der Waals surface area contributed by atoms with E-state index in [4.69, 9.17) is 15.2 Å². The first-order chi connectivity index (χ1) is 6.93. The third kappa shape index (κ3) is 5.23. The number of hydrogen-bond donors (Lipinski definition) is 1. The Morgan fingerprint density at radius 3 is 3.00 bits per heavy atom. The topological polar surface area (TPSA) is 44.5 Å². The predicted octanol–water partition coefficient (Wildman–Crippen LogP) is 1.27. The summed E-state index contributed by atoms with van der Waals surface area (Å²) in [5.74, 6) is 6.28. The van der Waals surface area contributed by atoms with E-state index < -0.39 is 0 Å². The van der Waals surface area contributed by atoms with E-state index in [9.17, 15) is 0 Å². The molecule has 0 saturated carbocycles. The molecule has 0 radical (unpaired) electrons. The third-order valence-electron chi connectivity index (χ3n) is 2.20. The molecule has 1 aliphatic carbocycles. The van der Waals surface area contributed by atoms with Gasteiger partial charge in [-0.1, -0.05) is 12.3 Å². The zero-order valence-corrected chi connectivity index (χ0v) is 8.63. The van der Waals surface area contributed by atoms with Crippen molar-refractivity contribution in [3.8, 4) is 11.8 Å². The number of ether oxygens (including phenoxy) is 2. The summed E-state index contributed by atoms with van der Waals surface area (Å²) >= 11 is 0. The molecule has 0 spiro atoms. The molecule has 3 heteroatoms. The molecule has 1 atom stereocenters. The molecule has 0 amide bonds. The Kier molecular flexibility index (Phi) is 6.42. The van der Waals surface area contributed by atoms with Crippen molar-refractivity contribution < 1.29 is 9.47 Å². The molecule has 0 bridgehead atoms. The van der Waals surface area contributed by atoms with Crippen LogP contribution in [0.15, 0.2) is 0 Å². The van der Waals surface area contributed by atoms with Crippen molar-refractivity contribution in [2.45, 2.75) is 38.2 Å². The summed E-state index contributed by atoms with van der Waals surface area (Å²) in [6.07, 6.45) is 5.90. The number of hydrogen-bond acceptors (Lipinski definition) is 3. The normalized spacial score (nSPS) is 21.9. The third-order valence-corrected chi connectivity index (χ3v) is 2.20. The lowest BCUT2D eigenvalue weighted by atomic mass is 10.1. The van der Waals surface area contributed by atoms with E-state index in [1.54, 1.807) is 0 Å². The van der Waals surface area contributed by atoms with Crippen LogP contribution in [-0.4, -0.2) is 26.0 Å². The fourth-order valence-corrected chi connectivity index (χ4v) is 1.44. The molecule has 80 valence electrons. The predicted molar refractivity (Wildman–Crippen MR) is 55.6 cm³/mol. The molecule has 0 fully saturated rings. The largest absolute Gasteiger partial charge is 0.364 e. The van der Waals surface area contributed by atoms with Crippen molar-refractivity contribution in [3.63, 3.8) is 0 Å². The first-order valence-corrected chi connectivity index (χ1v) is 5.31. The molecule has 0 aromatic rings. The summed E-state index contributed by atoms with van der Waals surface area (Å²) in [6.45, 7) is 1.42. The molecule has 0 saturated heterocycles. The summed E-state index contributed by atoms with van der Waals surface area (Å²) < 4.78 is 10.6. The minimum atomic E-state index is 0.108. The molecule has 0 aromatic carbocycles. The van der Waals surface area contributed by atoms with E-state index in [-0.39, 0.29) is 12.8 Å². The lowest BCUT2D eigenvalue weighted by molar-refractivity contribution is 0.0246. The van der Waals surface area contributed by atoms with E-state index in [0.29, 0.717) is 13.2 Å². The average molecular weight is 197 g/mol. The molecule has 1 rings (SSSR count). The van der Waals surface area contributed by atoms with E-state index in [0.717, 1.165) is 12.8 Å². The summed E-state index contributed by atoms with van der Waals surface area (Å²) in [4.78, 5) is 0. The molecule has 1 unspecified atom stereocenters. The SMILES string of the molecule is NCOCCOC1C#CCCCCC1. The van der Waals surface area contributed by atoms with E-state index >= 15 is 0 Å². The maximum absolute atomic E-state index is 5.57. The standard InChI is InChI=1S/C11H19NO2/c12-10-13-8-9-14-11-6-4-2-1-3-5-7-11/h11H,1-4,6,8-10,12H2. The summed E-state index contributed by atoms with van der Waals surface area (Å²) in [5.41, 5.74) is 5.19. The number of nitrogens with two attached hydrogens (primary N) is 1. The van der Waals surface area contributed by atoms with Crippen LogP contribution >= 0.6 is 0 Å². The van der Waals surface area contributed by atoms with Gasteiger partial charge in [-0.05, 0) is 19.3 Å². The Morgan fingerprint density at radius 2 is 2.14 bits per heavy atom. The fraction of sp³-hybridized carbons (Fsp3) is 0.818. The summed E-state index contributed by atoms with van der Waals surface area (Å²) in [5, 5.41) is 0. The molecule has 3 nitrogen and oxygen atoms in total. The Bertz CT molecular complexity index is 195.